The summed E-state index contributed by atoms with van der Waals surface area (Å²) >= 11 is 5.74. The molecule has 1 aromatic carbocycles. The van der Waals surface area contributed by atoms with Crippen LogP contribution in [0, 0.1) is 0 Å². The van der Waals surface area contributed by atoms with Crippen LogP contribution in [0.2, 0.25) is 5.02 Å². The summed E-state index contributed by atoms with van der Waals surface area (Å²) in [4.78, 5) is 23.7. The average Bonchev–Trinajstić information content (AvgIpc) is 2.50. The summed E-state index contributed by atoms with van der Waals surface area (Å²) in [6, 6.07) is 6.57. The van der Waals surface area contributed by atoms with Gasteiger partial charge in [0, 0.05) is 12.1 Å². The van der Waals surface area contributed by atoms with Gasteiger partial charge in [-0.3, -0.25) is 9.69 Å². The Labute approximate surface area is 97.5 Å². The summed E-state index contributed by atoms with van der Waals surface area (Å²) in [5.41, 5.74) is 1.08. The average molecular weight is 237 g/mol. The fourth-order valence-electron chi connectivity index (χ4n) is 1.35. The van der Waals surface area contributed by atoms with Gasteiger partial charge in [-0.15, -0.1) is 0 Å². The van der Waals surface area contributed by atoms with Crippen molar-refractivity contribution in [1.29, 1.82) is 0 Å². The third-order valence-electron chi connectivity index (χ3n) is 2.26. The SMILES string of the molecule is CN1C(=O)N/C(=C\c2ccc(Cl)cc2)C1=O. The van der Waals surface area contributed by atoms with E-state index in [2.05, 4.69) is 5.32 Å². The van der Waals surface area contributed by atoms with Gasteiger partial charge in [-0.05, 0) is 23.8 Å². The highest BCUT2D eigenvalue weighted by atomic mass is 35.5. The second-order valence-electron chi connectivity index (χ2n) is 3.40. The number of amides is 3. The minimum atomic E-state index is -0.412. The van der Waals surface area contributed by atoms with Gasteiger partial charge < -0.3 is 5.32 Å². The normalized spacial score (nSPS) is 18.1. The molecule has 3 amide bonds. The van der Waals surface area contributed by atoms with Crippen LogP contribution in [0.3, 0.4) is 0 Å². The second-order valence-corrected chi connectivity index (χ2v) is 3.84. The molecule has 1 saturated heterocycles. The zero-order valence-electron chi connectivity index (χ0n) is 8.53. The Balaban J connectivity index is 2.29. The first-order valence-electron chi connectivity index (χ1n) is 4.64. The van der Waals surface area contributed by atoms with Crippen LogP contribution < -0.4 is 5.32 Å². The van der Waals surface area contributed by atoms with Crippen LogP contribution in [0.1, 0.15) is 5.56 Å². The second kappa shape index (κ2) is 3.98. The van der Waals surface area contributed by atoms with E-state index in [4.69, 9.17) is 11.6 Å². The molecule has 0 unspecified atom stereocenters. The molecule has 0 aromatic heterocycles. The molecule has 0 radical (unpaired) electrons. The highest BCUT2D eigenvalue weighted by molar-refractivity contribution is 6.30. The lowest BCUT2D eigenvalue weighted by Crippen LogP contribution is -2.25. The van der Waals surface area contributed by atoms with Crippen molar-refractivity contribution in [1.82, 2.24) is 10.2 Å². The molecule has 4 nitrogen and oxygen atoms in total. The van der Waals surface area contributed by atoms with Gasteiger partial charge in [-0.2, -0.15) is 0 Å². The van der Waals surface area contributed by atoms with Crippen molar-refractivity contribution in [3.05, 3.63) is 40.5 Å². The smallest absolute Gasteiger partial charge is 0.303 e. The Morgan fingerprint density at radius 3 is 2.38 bits per heavy atom. The van der Waals surface area contributed by atoms with E-state index in [1.54, 1.807) is 30.3 Å². The van der Waals surface area contributed by atoms with E-state index in [9.17, 15) is 9.59 Å². The molecule has 1 aliphatic heterocycles. The number of hydrogen-bond acceptors (Lipinski definition) is 2. The molecule has 0 spiro atoms. The molecule has 2 rings (SSSR count). The fraction of sp³-hybridized carbons (Fsp3) is 0.0909. The van der Waals surface area contributed by atoms with Gasteiger partial charge >= 0.3 is 6.03 Å². The van der Waals surface area contributed by atoms with E-state index < -0.39 is 6.03 Å². The lowest BCUT2D eigenvalue weighted by atomic mass is 10.2. The van der Waals surface area contributed by atoms with Gasteiger partial charge in [0.25, 0.3) is 5.91 Å². The van der Waals surface area contributed by atoms with Crippen LogP contribution in [-0.2, 0) is 4.79 Å². The number of nitrogens with zero attached hydrogens (tertiary/aromatic N) is 1. The molecule has 0 bridgehead atoms. The lowest BCUT2D eigenvalue weighted by molar-refractivity contribution is -0.121. The lowest BCUT2D eigenvalue weighted by Gasteiger charge is -1.99. The first kappa shape index (κ1) is 10.7. The number of hydrogen-bond donors (Lipinski definition) is 1. The van der Waals surface area contributed by atoms with Crippen molar-refractivity contribution in [3.63, 3.8) is 0 Å². The number of carbonyl (C=O) groups excluding carboxylic acids is 2. The summed E-state index contributed by atoms with van der Waals surface area (Å²) in [7, 11) is 1.43. The van der Waals surface area contributed by atoms with Gasteiger partial charge in [-0.1, -0.05) is 23.7 Å². The third kappa shape index (κ3) is 1.92. The third-order valence-corrected chi connectivity index (χ3v) is 2.51. The summed E-state index contributed by atoms with van der Waals surface area (Å²) in [6.45, 7) is 0. The zero-order valence-corrected chi connectivity index (χ0v) is 9.28. The highest BCUT2D eigenvalue weighted by Gasteiger charge is 2.29. The van der Waals surface area contributed by atoms with Crippen molar-refractivity contribution >= 4 is 29.6 Å². The maximum atomic E-state index is 11.5. The number of nitrogens with one attached hydrogen (secondary N) is 1. The van der Waals surface area contributed by atoms with Crippen molar-refractivity contribution < 1.29 is 9.59 Å². The van der Waals surface area contributed by atoms with Gasteiger partial charge in [0.15, 0.2) is 0 Å². The predicted molar refractivity (Wildman–Crippen MR) is 60.7 cm³/mol. The molecule has 0 saturated carbocycles. The summed E-state index contributed by atoms with van der Waals surface area (Å²) in [5, 5.41) is 3.11. The quantitative estimate of drug-likeness (QED) is 0.598. The van der Waals surface area contributed by atoms with Gasteiger partial charge in [0.2, 0.25) is 0 Å². The van der Waals surface area contributed by atoms with Crippen molar-refractivity contribution in [2.24, 2.45) is 0 Å². The molecule has 1 aliphatic rings. The number of halogens is 1. The van der Waals surface area contributed by atoms with Crippen molar-refractivity contribution in [2.75, 3.05) is 7.05 Å². The topological polar surface area (TPSA) is 49.4 Å². The molecule has 1 fully saturated rings. The summed E-state index contributed by atoms with van der Waals surface area (Å²) < 4.78 is 0. The molecular weight excluding hydrogens is 228 g/mol. The highest BCUT2D eigenvalue weighted by Crippen LogP contribution is 2.14. The number of likely N-dealkylation sites (N-methyl/N-ethyl adjacent to an activating group) is 1. The minimum absolute atomic E-state index is 0.273. The monoisotopic (exact) mass is 236 g/mol. The van der Waals surface area contributed by atoms with E-state index in [1.807, 2.05) is 0 Å². The molecule has 5 heteroatoms. The summed E-state index contributed by atoms with van der Waals surface area (Å²) in [6.07, 6.45) is 1.61. The van der Waals surface area contributed by atoms with Crippen LogP contribution in [-0.4, -0.2) is 23.9 Å². The first-order valence-corrected chi connectivity index (χ1v) is 5.02. The standard InChI is InChI=1S/C11H9ClN2O2/c1-14-10(15)9(13-11(14)16)6-7-2-4-8(12)5-3-7/h2-6H,1H3,(H,13,16)/b9-6-. The maximum absolute atomic E-state index is 11.5. The zero-order chi connectivity index (χ0) is 11.7. The van der Waals surface area contributed by atoms with Gasteiger partial charge in [-0.25, -0.2) is 4.79 Å². The molecule has 82 valence electrons. The van der Waals surface area contributed by atoms with E-state index in [0.29, 0.717) is 5.02 Å². The molecule has 0 atom stereocenters. The summed E-state index contributed by atoms with van der Waals surface area (Å²) in [5.74, 6) is -0.333. The number of rotatable bonds is 1. The maximum Gasteiger partial charge on any atom is 0.328 e. The predicted octanol–water partition coefficient (Wildman–Crippen LogP) is 1.86. The molecule has 1 N–H and O–H groups in total. The van der Waals surface area contributed by atoms with Crippen LogP contribution in [0.4, 0.5) is 4.79 Å². The van der Waals surface area contributed by atoms with Gasteiger partial charge in [0.05, 0.1) is 0 Å². The molecule has 1 heterocycles. The number of benzene rings is 1. The van der Waals surface area contributed by atoms with E-state index in [-0.39, 0.29) is 11.6 Å². The van der Waals surface area contributed by atoms with Crippen LogP contribution in [0.5, 0.6) is 0 Å². The van der Waals surface area contributed by atoms with Crippen LogP contribution in [0.15, 0.2) is 30.0 Å². The largest absolute Gasteiger partial charge is 0.328 e. The first-order chi connectivity index (χ1) is 7.58. The Bertz CT molecular complexity index is 479. The number of urea groups is 1. The minimum Gasteiger partial charge on any atom is -0.303 e. The Morgan fingerprint density at radius 1 is 1.25 bits per heavy atom. The van der Waals surface area contributed by atoms with Gasteiger partial charge in [0.1, 0.15) is 5.70 Å². The van der Waals surface area contributed by atoms with Crippen LogP contribution in [0.25, 0.3) is 6.08 Å². The van der Waals surface area contributed by atoms with E-state index in [1.165, 1.54) is 7.05 Å². The Morgan fingerprint density at radius 2 is 1.88 bits per heavy atom. The molecular formula is C11H9ClN2O2. The number of carbonyl (C=O) groups is 2. The Hall–Kier alpha value is -1.81. The van der Waals surface area contributed by atoms with Crippen molar-refractivity contribution in [3.8, 4) is 0 Å². The number of imide groups is 1. The molecule has 0 aliphatic carbocycles. The van der Waals surface area contributed by atoms with Crippen LogP contribution >= 0.6 is 11.6 Å². The van der Waals surface area contributed by atoms with Crippen molar-refractivity contribution in [2.45, 2.75) is 0 Å². The van der Waals surface area contributed by atoms with E-state index in [0.717, 1.165) is 10.5 Å². The fourth-order valence-corrected chi connectivity index (χ4v) is 1.47. The van der Waals surface area contributed by atoms with E-state index >= 15 is 0 Å². The Kier molecular flexibility index (Phi) is 2.66. The molecule has 16 heavy (non-hydrogen) atoms. The molecule has 1 aromatic rings.